The van der Waals surface area contributed by atoms with E-state index < -0.39 is 0 Å². The van der Waals surface area contributed by atoms with Crippen LogP contribution in [0, 0.1) is 0 Å². The second kappa shape index (κ2) is 10.6. The summed E-state index contributed by atoms with van der Waals surface area (Å²) in [5.41, 5.74) is 1.80. The van der Waals surface area contributed by atoms with Gasteiger partial charge < -0.3 is 29.6 Å². The highest BCUT2D eigenvalue weighted by molar-refractivity contribution is 7.80. The molecule has 0 saturated carbocycles. The number of hydrogen-bond acceptors (Lipinski definition) is 5. The van der Waals surface area contributed by atoms with Crippen LogP contribution in [0.3, 0.4) is 0 Å². The van der Waals surface area contributed by atoms with E-state index in [-0.39, 0.29) is 6.04 Å². The SMILES string of the molecule is CCOc1ccc([C@@H](C)NC(=S)Nc2ccc(OC)cc2OC)cc1OCC. The van der Waals surface area contributed by atoms with Crippen molar-refractivity contribution in [3.05, 3.63) is 42.0 Å². The Bertz CT molecular complexity index is 798. The third-order valence-electron chi connectivity index (χ3n) is 4.07. The van der Waals surface area contributed by atoms with Gasteiger partial charge in [0.05, 0.1) is 39.2 Å². The molecule has 0 saturated heterocycles. The molecule has 0 bridgehead atoms. The van der Waals surface area contributed by atoms with Gasteiger partial charge in [-0.15, -0.1) is 0 Å². The highest BCUT2D eigenvalue weighted by Crippen LogP contribution is 2.31. The van der Waals surface area contributed by atoms with E-state index in [1.807, 2.05) is 51.1 Å². The molecule has 6 nitrogen and oxygen atoms in total. The predicted molar refractivity (Wildman–Crippen MR) is 116 cm³/mol. The maximum atomic E-state index is 5.70. The maximum Gasteiger partial charge on any atom is 0.171 e. The van der Waals surface area contributed by atoms with Crippen molar-refractivity contribution >= 4 is 23.0 Å². The Morgan fingerprint density at radius 2 is 1.64 bits per heavy atom. The molecule has 2 N–H and O–H groups in total. The van der Waals surface area contributed by atoms with Crippen molar-refractivity contribution in [1.29, 1.82) is 0 Å². The quantitative estimate of drug-likeness (QED) is 0.595. The van der Waals surface area contributed by atoms with Crippen LogP contribution in [0.1, 0.15) is 32.4 Å². The van der Waals surface area contributed by atoms with Gasteiger partial charge in [0.25, 0.3) is 0 Å². The van der Waals surface area contributed by atoms with Gasteiger partial charge in [-0.25, -0.2) is 0 Å². The van der Waals surface area contributed by atoms with Gasteiger partial charge in [0.2, 0.25) is 0 Å². The van der Waals surface area contributed by atoms with E-state index in [0.29, 0.717) is 29.8 Å². The maximum absolute atomic E-state index is 5.70. The first-order valence-corrected chi connectivity index (χ1v) is 9.62. The molecule has 152 valence electrons. The first-order valence-electron chi connectivity index (χ1n) is 9.21. The van der Waals surface area contributed by atoms with Crippen LogP contribution >= 0.6 is 12.2 Å². The van der Waals surface area contributed by atoms with E-state index in [9.17, 15) is 0 Å². The van der Waals surface area contributed by atoms with Crippen molar-refractivity contribution in [3.8, 4) is 23.0 Å². The van der Waals surface area contributed by atoms with Crippen LogP contribution in [0.2, 0.25) is 0 Å². The number of nitrogens with one attached hydrogen (secondary N) is 2. The summed E-state index contributed by atoms with van der Waals surface area (Å²) in [6, 6.07) is 11.4. The van der Waals surface area contributed by atoms with Gasteiger partial charge in [-0.1, -0.05) is 6.07 Å². The van der Waals surface area contributed by atoms with Crippen LogP contribution in [0.25, 0.3) is 0 Å². The van der Waals surface area contributed by atoms with Crippen LogP contribution in [-0.4, -0.2) is 32.5 Å². The third kappa shape index (κ3) is 5.66. The van der Waals surface area contributed by atoms with Crippen molar-refractivity contribution in [3.63, 3.8) is 0 Å². The average Bonchev–Trinajstić information content (AvgIpc) is 2.69. The van der Waals surface area contributed by atoms with E-state index in [2.05, 4.69) is 10.6 Å². The van der Waals surface area contributed by atoms with Crippen molar-refractivity contribution in [2.75, 3.05) is 32.8 Å². The summed E-state index contributed by atoms with van der Waals surface area (Å²) in [5.74, 6) is 2.83. The van der Waals surface area contributed by atoms with E-state index in [0.717, 1.165) is 22.7 Å². The molecule has 28 heavy (non-hydrogen) atoms. The number of methoxy groups -OCH3 is 2. The fraction of sp³-hybridized carbons (Fsp3) is 0.381. The standard InChI is InChI=1S/C21H28N2O4S/c1-6-26-18-11-8-15(12-20(18)27-7-2)14(3)22-21(28)23-17-10-9-16(24-4)13-19(17)25-5/h8-14H,6-7H2,1-5H3,(H2,22,23,28)/t14-/m1/s1. The molecule has 0 unspecified atom stereocenters. The molecule has 0 heterocycles. The zero-order chi connectivity index (χ0) is 20.5. The van der Waals surface area contributed by atoms with E-state index in [1.165, 1.54) is 0 Å². The molecule has 7 heteroatoms. The van der Waals surface area contributed by atoms with Gasteiger partial charge in [-0.05, 0) is 62.8 Å². The van der Waals surface area contributed by atoms with Crippen LogP contribution in [0.5, 0.6) is 23.0 Å². The van der Waals surface area contributed by atoms with Crippen molar-refractivity contribution in [2.45, 2.75) is 26.8 Å². The largest absolute Gasteiger partial charge is 0.497 e. The average molecular weight is 405 g/mol. The summed E-state index contributed by atoms with van der Waals surface area (Å²) in [7, 11) is 3.22. The third-order valence-corrected chi connectivity index (χ3v) is 4.29. The van der Waals surface area contributed by atoms with Gasteiger partial charge in [-0.2, -0.15) is 0 Å². The molecule has 0 fully saturated rings. The second-order valence-electron chi connectivity index (χ2n) is 5.96. The van der Waals surface area contributed by atoms with E-state index in [1.54, 1.807) is 20.3 Å². The molecule has 2 aromatic rings. The highest BCUT2D eigenvalue weighted by atomic mass is 32.1. The molecular formula is C21H28N2O4S. The number of ether oxygens (including phenoxy) is 4. The molecule has 2 rings (SSSR count). The zero-order valence-corrected chi connectivity index (χ0v) is 17.8. The number of hydrogen-bond donors (Lipinski definition) is 2. The number of rotatable bonds is 9. The summed E-state index contributed by atoms with van der Waals surface area (Å²) >= 11 is 5.47. The molecule has 1 atom stereocenters. The Kier molecular flexibility index (Phi) is 8.19. The smallest absolute Gasteiger partial charge is 0.171 e. The summed E-state index contributed by atoms with van der Waals surface area (Å²) in [5, 5.41) is 6.94. The first-order chi connectivity index (χ1) is 13.5. The van der Waals surface area contributed by atoms with Crippen LogP contribution in [0.15, 0.2) is 36.4 Å². The van der Waals surface area contributed by atoms with Crippen molar-refractivity contribution in [1.82, 2.24) is 5.32 Å². The minimum absolute atomic E-state index is 0.0286. The van der Waals surface area contributed by atoms with Crippen molar-refractivity contribution < 1.29 is 18.9 Å². The minimum atomic E-state index is -0.0286. The van der Waals surface area contributed by atoms with E-state index in [4.69, 9.17) is 31.2 Å². The Morgan fingerprint density at radius 3 is 2.29 bits per heavy atom. The summed E-state index contributed by atoms with van der Waals surface area (Å²) in [6.07, 6.45) is 0. The lowest BCUT2D eigenvalue weighted by molar-refractivity contribution is 0.287. The van der Waals surface area contributed by atoms with Crippen molar-refractivity contribution in [2.24, 2.45) is 0 Å². The summed E-state index contributed by atoms with van der Waals surface area (Å²) in [4.78, 5) is 0. The molecular weight excluding hydrogens is 376 g/mol. The zero-order valence-electron chi connectivity index (χ0n) is 17.0. The van der Waals surface area contributed by atoms with Crippen LogP contribution in [0.4, 0.5) is 5.69 Å². The monoisotopic (exact) mass is 404 g/mol. The lowest BCUT2D eigenvalue weighted by Crippen LogP contribution is -2.31. The Morgan fingerprint density at radius 1 is 0.929 bits per heavy atom. The summed E-state index contributed by atoms with van der Waals surface area (Å²) < 4.78 is 21.9. The number of thiocarbonyl (C=S) groups is 1. The highest BCUT2D eigenvalue weighted by Gasteiger charge is 2.13. The second-order valence-corrected chi connectivity index (χ2v) is 6.37. The fourth-order valence-electron chi connectivity index (χ4n) is 2.68. The lowest BCUT2D eigenvalue weighted by Gasteiger charge is -2.20. The fourth-order valence-corrected chi connectivity index (χ4v) is 2.96. The Balaban J connectivity index is 2.09. The Labute approximate surface area is 172 Å². The molecule has 0 aliphatic rings. The topological polar surface area (TPSA) is 61.0 Å². The first kappa shape index (κ1) is 21.6. The van der Waals surface area contributed by atoms with Gasteiger partial charge in [0, 0.05) is 6.07 Å². The van der Waals surface area contributed by atoms with Gasteiger partial charge in [0.15, 0.2) is 16.6 Å². The van der Waals surface area contributed by atoms with E-state index >= 15 is 0 Å². The van der Waals surface area contributed by atoms with Crippen LogP contribution < -0.4 is 29.6 Å². The summed E-state index contributed by atoms with van der Waals surface area (Å²) in [6.45, 7) is 7.09. The molecule has 0 radical (unpaired) electrons. The predicted octanol–water partition coefficient (Wildman–Crippen LogP) is 4.55. The van der Waals surface area contributed by atoms with Gasteiger partial charge in [-0.3, -0.25) is 0 Å². The number of benzene rings is 2. The lowest BCUT2D eigenvalue weighted by atomic mass is 10.1. The molecule has 0 aromatic heterocycles. The molecule has 0 aliphatic carbocycles. The minimum Gasteiger partial charge on any atom is -0.497 e. The van der Waals surface area contributed by atoms with Crippen LogP contribution in [-0.2, 0) is 0 Å². The molecule has 0 amide bonds. The molecule has 0 spiro atoms. The molecule has 0 aliphatic heterocycles. The Hall–Kier alpha value is -2.67. The normalized spacial score (nSPS) is 11.3. The van der Waals surface area contributed by atoms with Gasteiger partial charge >= 0.3 is 0 Å². The molecule has 2 aromatic carbocycles. The van der Waals surface area contributed by atoms with Gasteiger partial charge in [0.1, 0.15) is 11.5 Å². The number of anilines is 1.